The lowest BCUT2D eigenvalue weighted by molar-refractivity contribution is 0.281. The van der Waals surface area contributed by atoms with Crippen LogP contribution in [0.2, 0.25) is 0 Å². The summed E-state index contributed by atoms with van der Waals surface area (Å²) in [5.41, 5.74) is 10.7. The molecule has 6 aromatic rings. The summed E-state index contributed by atoms with van der Waals surface area (Å²) in [4.78, 5) is 0. The van der Waals surface area contributed by atoms with Gasteiger partial charge in [0, 0.05) is 37.3 Å². The highest BCUT2D eigenvalue weighted by Crippen LogP contribution is 2.17. The molecule has 0 unspecified atom stereocenters. The molecule has 0 amide bonds. The fourth-order valence-corrected chi connectivity index (χ4v) is 5.48. The smallest absolute Gasteiger partial charge is 0.119 e. The molecule has 0 atom stereocenters. The first kappa shape index (κ1) is 36.1. The maximum absolute atomic E-state index is 9.19. The lowest BCUT2D eigenvalue weighted by Gasteiger charge is -2.09. The van der Waals surface area contributed by atoms with Gasteiger partial charge in [0.25, 0.3) is 0 Å². The first-order valence-corrected chi connectivity index (χ1v) is 17.5. The Morgan fingerprint density at radius 3 is 0.904 bits per heavy atom. The van der Waals surface area contributed by atoms with E-state index in [0.717, 1.165) is 71.1 Å². The molecule has 0 saturated carbocycles. The summed E-state index contributed by atoms with van der Waals surface area (Å²) in [5, 5.41) is 25.3. The third-order valence-electron chi connectivity index (χ3n) is 8.64. The van der Waals surface area contributed by atoms with Crippen LogP contribution in [0.25, 0.3) is 0 Å². The zero-order valence-electron chi connectivity index (χ0n) is 29.2. The summed E-state index contributed by atoms with van der Waals surface area (Å²) in [7, 11) is 0. The van der Waals surface area contributed by atoms with Crippen LogP contribution in [0, 0.1) is 11.8 Å². The third-order valence-corrected chi connectivity index (χ3v) is 8.64. The van der Waals surface area contributed by atoms with E-state index in [4.69, 9.17) is 9.47 Å². The van der Waals surface area contributed by atoms with Gasteiger partial charge in [0.1, 0.15) is 24.7 Å². The first-order valence-electron chi connectivity index (χ1n) is 17.5. The third kappa shape index (κ3) is 11.4. The molecular weight excluding hydrogens is 645 g/mol. The summed E-state index contributed by atoms with van der Waals surface area (Å²) in [5.74, 6) is 8.08. The lowest BCUT2D eigenvalue weighted by Crippen LogP contribution is -2.12. The van der Waals surface area contributed by atoms with E-state index in [1.54, 1.807) is 0 Å². The molecule has 0 bridgehead atoms. The lowest BCUT2D eigenvalue weighted by atomic mass is 10.1. The van der Waals surface area contributed by atoms with Crippen molar-refractivity contribution in [3.8, 4) is 23.3 Å². The van der Waals surface area contributed by atoms with Crippen LogP contribution in [-0.4, -0.2) is 10.2 Å². The summed E-state index contributed by atoms with van der Waals surface area (Å²) < 4.78 is 12.0. The summed E-state index contributed by atoms with van der Waals surface area (Å²) >= 11 is 0. The molecule has 6 rings (SSSR count). The van der Waals surface area contributed by atoms with Gasteiger partial charge in [-0.3, -0.25) is 0 Å². The molecule has 4 N–H and O–H groups in total. The maximum Gasteiger partial charge on any atom is 0.119 e. The number of nitrogens with one attached hydrogen (secondary N) is 2. The fourth-order valence-electron chi connectivity index (χ4n) is 5.48. The predicted molar refractivity (Wildman–Crippen MR) is 206 cm³/mol. The largest absolute Gasteiger partial charge is 0.489 e. The molecule has 6 heteroatoms. The highest BCUT2D eigenvalue weighted by atomic mass is 16.5. The minimum atomic E-state index is 0.0706. The SMILES string of the molecule is OCc1ccc(CNCc2ccc(COc3ccc(C#Cc4ccc(OCc5ccc(CNCc6ccc(CO)cc6)cc5)cc4)cc3)cc2)cc1. The molecule has 0 radical (unpaired) electrons. The van der Waals surface area contributed by atoms with E-state index in [1.165, 1.54) is 22.3 Å². The van der Waals surface area contributed by atoms with Crippen LogP contribution in [0.15, 0.2) is 146 Å². The Hall–Kier alpha value is -5.68. The fraction of sp³-hybridized carbons (Fsp3) is 0.174. The van der Waals surface area contributed by atoms with Crippen molar-refractivity contribution in [3.05, 3.63) is 201 Å². The molecule has 52 heavy (non-hydrogen) atoms. The number of ether oxygens (including phenoxy) is 2. The molecule has 0 aromatic heterocycles. The number of aliphatic hydroxyl groups excluding tert-OH is 2. The van der Waals surface area contributed by atoms with Gasteiger partial charge in [-0.25, -0.2) is 0 Å². The van der Waals surface area contributed by atoms with E-state index in [-0.39, 0.29) is 13.2 Å². The van der Waals surface area contributed by atoms with Gasteiger partial charge in [0.15, 0.2) is 0 Å². The Kier molecular flexibility index (Phi) is 13.2. The van der Waals surface area contributed by atoms with Gasteiger partial charge in [-0.15, -0.1) is 0 Å². The number of hydrogen-bond acceptors (Lipinski definition) is 6. The molecule has 6 aromatic carbocycles. The van der Waals surface area contributed by atoms with Crippen molar-refractivity contribution in [3.63, 3.8) is 0 Å². The van der Waals surface area contributed by atoms with Crippen LogP contribution in [0.3, 0.4) is 0 Å². The Bertz CT molecular complexity index is 1860. The number of aliphatic hydroxyl groups is 2. The molecule has 0 aliphatic heterocycles. The van der Waals surface area contributed by atoms with Crippen LogP contribution in [-0.2, 0) is 52.6 Å². The second-order valence-electron chi connectivity index (χ2n) is 12.7. The maximum atomic E-state index is 9.19. The molecular formula is C46H44N2O4. The van der Waals surface area contributed by atoms with Gasteiger partial charge in [0.2, 0.25) is 0 Å². The molecule has 262 valence electrons. The van der Waals surface area contributed by atoms with E-state index in [0.29, 0.717) is 13.2 Å². The second kappa shape index (κ2) is 19.1. The minimum absolute atomic E-state index is 0.0706. The Morgan fingerprint density at radius 2 is 0.615 bits per heavy atom. The molecule has 0 fully saturated rings. The van der Waals surface area contributed by atoms with Gasteiger partial charge in [-0.2, -0.15) is 0 Å². The Labute approximate surface area is 306 Å². The monoisotopic (exact) mass is 688 g/mol. The van der Waals surface area contributed by atoms with Gasteiger partial charge in [0.05, 0.1) is 13.2 Å². The molecule has 0 spiro atoms. The first-order chi connectivity index (χ1) is 25.6. The van der Waals surface area contributed by atoms with E-state index in [9.17, 15) is 10.2 Å². The molecule has 0 aliphatic carbocycles. The zero-order chi connectivity index (χ0) is 35.8. The highest BCUT2D eigenvalue weighted by molar-refractivity contribution is 5.45. The Morgan fingerprint density at radius 1 is 0.346 bits per heavy atom. The second-order valence-corrected chi connectivity index (χ2v) is 12.7. The van der Waals surface area contributed by atoms with Crippen molar-refractivity contribution in [2.45, 2.75) is 52.6 Å². The van der Waals surface area contributed by atoms with E-state index in [1.807, 2.05) is 97.1 Å². The summed E-state index contributed by atoms with van der Waals surface area (Å²) in [6.07, 6.45) is 0. The standard InChI is InChI=1S/C46H44N2O4/c49-31-41-11-3-37(4-12-41)27-47-29-39-7-15-43(16-8-39)33-51-45-23-19-35(20-24-45)1-2-36-21-25-46(26-22-36)52-34-44-17-9-40(10-18-44)30-48-28-38-5-13-42(32-50)14-6-38/h3-26,47-50H,27-34H2. The van der Waals surface area contributed by atoms with Crippen LogP contribution in [0.4, 0.5) is 0 Å². The number of hydrogen-bond donors (Lipinski definition) is 4. The van der Waals surface area contributed by atoms with Crippen molar-refractivity contribution >= 4 is 0 Å². The minimum Gasteiger partial charge on any atom is -0.489 e. The van der Waals surface area contributed by atoms with Crippen molar-refractivity contribution in [2.75, 3.05) is 0 Å². The van der Waals surface area contributed by atoms with Crippen molar-refractivity contribution in [1.29, 1.82) is 0 Å². The van der Waals surface area contributed by atoms with Crippen LogP contribution in [0.1, 0.15) is 55.6 Å². The summed E-state index contributed by atoms with van der Waals surface area (Å²) in [6.45, 7) is 4.25. The molecule has 0 saturated heterocycles. The van der Waals surface area contributed by atoms with Gasteiger partial charge in [-0.1, -0.05) is 109 Å². The quantitative estimate of drug-likeness (QED) is 0.0777. The van der Waals surface area contributed by atoms with Crippen molar-refractivity contribution < 1.29 is 19.7 Å². The molecule has 6 nitrogen and oxygen atoms in total. The Balaban J connectivity index is 0.884. The molecule has 0 heterocycles. The van der Waals surface area contributed by atoms with Gasteiger partial charge >= 0.3 is 0 Å². The van der Waals surface area contributed by atoms with Crippen LogP contribution in [0.5, 0.6) is 11.5 Å². The van der Waals surface area contributed by atoms with E-state index >= 15 is 0 Å². The van der Waals surface area contributed by atoms with E-state index in [2.05, 4.69) is 71.0 Å². The number of rotatable bonds is 16. The zero-order valence-corrected chi connectivity index (χ0v) is 29.2. The summed E-state index contributed by atoms with van der Waals surface area (Å²) in [6, 6.07) is 48.6. The topological polar surface area (TPSA) is 83.0 Å². The number of benzene rings is 6. The van der Waals surface area contributed by atoms with Gasteiger partial charge in [-0.05, 0) is 93.0 Å². The van der Waals surface area contributed by atoms with E-state index < -0.39 is 0 Å². The van der Waals surface area contributed by atoms with Crippen LogP contribution >= 0.6 is 0 Å². The van der Waals surface area contributed by atoms with Crippen LogP contribution < -0.4 is 20.1 Å². The normalized spacial score (nSPS) is 10.7. The van der Waals surface area contributed by atoms with Crippen molar-refractivity contribution in [1.82, 2.24) is 10.6 Å². The molecule has 0 aliphatic rings. The average Bonchev–Trinajstić information content (AvgIpc) is 3.21. The van der Waals surface area contributed by atoms with Gasteiger partial charge < -0.3 is 30.3 Å². The predicted octanol–water partition coefficient (Wildman–Crippen LogP) is 7.81. The highest BCUT2D eigenvalue weighted by Gasteiger charge is 2.02. The average molecular weight is 689 g/mol. The van der Waals surface area contributed by atoms with Crippen molar-refractivity contribution in [2.24, 2.45) is 0 Å².